The molecule has 1 aliphatic rings. The fraction of sp³-hybridized carbons (Fsp3) is 0.640. The summed E-state index contributed by atoms with van der Waals surface area (Å²) in [6.45, 7) is 4.73. The third kappa shape index (κ3) is 8.08. The minimum absolute atomic E-state index is 0.177. The van der Waals surface area contributed by atoms with Gasteiger partial charge in [0, 0.05) is 6.04 Å². The molecule has 0 radical (unpaired) electrons. The largest absolute Gasteiger partial charge is 0.445 e. The Morgan fingerprint density at radius 2 is 1.64 bits per heavy atom. The van der Waals surface area contributed by atoms with Gasteiger partial charge in [0.25, 0.3) is 0 Å². The van der Waals surface area contributed by atoms with Crippen LogP contribution in [-0.4, -0.2) is 23.1 Å². The Morgan fingerprint density at radius 3 is 2.32 bits per heavy atom. The van der Waals surface area contributed by atoms with Crippen molar-refractivity contribution in [2.24, 2.45) is 0 Å². The molecule has 0 bridgehead atoms. The SMILES string of the molecule is CCCCCCCCCCC[C@H]1C=CC[C@H](C)N1C(=O)OCc1ccccc1. The van der Waals surface area contributed by atoms with Crippen molar-refractivity contribution < 1.29 is 9.53 Å². The van der Waals surface area contributed by atoms with Crippen LogP contribution in [0.5, 0.6) is 0 Å². The van der Waals surface area contributed by atoms with Crippen LogP contribution in [0.25, 0.3) is 0 Å². The van der Waals surface area contributed by atoms with E-state index in [1.165, 1.54) is 57.8 Å². The van der Waals surface area contributed by atoms with Gasteiger partial charge in [0.15, 0.2) is 0 Å². The van der Waals surface area contributed by atoms with E-state index in [4.69, 9.17) is 4.74 Å². The number of hydrogen-bond acceptors (Lipinski definition) is 2. The Kier molecular flexibility index (Phi) is 10.8. The van der Waals surface area contributed by atoms with Gasteiger partial charge in [0.1, 0.15) is 6.61 Å². The number of rotatable bonds is 12. The second kappa shape index (κ2) is 13.4. The van der Waals surface area contributed by atoms with Crippen molar-refractivity contribution in [3.8, 4) is 0 Å². The Morgan fingerprint density at radius 1 is 1.00 bits per heavy atom. The third-order valence-electron chi connectivity index (χ3n) is 5.69. The molecule has 0 aliphatic carbocycles. The molecule has 0 aromatic heterocycles. The zero-order valence-corrected chi connectivity index (χ0v) is 17.9. The fourth-order valence-electron chi connectivity index (χ4n) is 3.97. The molecule has 156 valence electrons. The van der Waals surface area contributed by atoms with Crippen molar-refractivity contribution in [1.82, 2.24) is 4.90 Å². The van der Waals surface area contributed by atoms with Gasteiger partial charge in [0.05, 0.1) is 6.04 Å². The van der Waals surface area contributed by atoms with Crippen LogP contribution in [0.2, 0.25) is 0 Å². The number of hydrogen-bond donors (Lipinski definition) is 0. The lowest BCUT2D eigenvalue weighted by Gasteiger charge is -2.36. The van der Waals surface area contributed by atoms with E-state index in [9.17, 15) is 4.79 Å². The molecule has 0 spiro atoms. The molecule has 3 heteroatoms. The minimum Gasteiger partial charge on any atom is -0.445 e. The molecule has 1 aromatic rings. The number of unbranched alkanes of at least 4 members (excludes halogenated alkanes) is 8. The van der Waals surface area contributed by atoms with Crippen LogP contribution in [0.15, 0.2) is 42.5 Å². The zero-order chi connectivity index (χ0) is 20.0. The maximum absolute atomic E-state index is 12.7. The molecule has 0 fully saturated rings. The van der Waals surface area contributed by atoms with Gasteiger partial charge < -0.3 is 4.74 Å². The summed E-state index contributed by atoms with van der Waals surface area (Å²) in [6, 6.07) is 10.3. The number of nitrogens with zero attached hydrogens (tertiary/aromatic N) is 1. The van der Waals surface area contributed by atoms with Crippen LogP contribution in [0.3, 0.4) is 0 Å². The molecular formula is C25H39NO2. The van der Waals surface area contributed by atoms with Gasteiger partial charge in [-0.25, -0.2) is 4.79 Å². The third-order valence-corrected chi connectivity index (χ3v) is 5.69. The minimum atomic E-state index is -0.179. The Bertz CT molecular complexity index is 569. The summed E-state index contributed by atoms with van der Waals surface area (Å²) in [5.41, 5.74) is 1.03. The number of carbonyl (C=O) groups is 1. The van der Waals surface area contributed by atoms with Crippen molar-refractivity contribution >= 4 is 6.09 Å². The van der Waals surface area contributed by atoms with Gasteiger partial charge >= 0.3 is 6.09 Å². The van der Waals surface area contributed by atoms with E-state index in [0.717, 1.165) is 18.4 Å². The first-order valence-corrected chi connectivity index (χ1v) is 11.4. The van der Waals surface area contributed by atoms with E-state index in [0.29, 0.717) is 6.61 Å². The zero-order valence-electron chi connectivity index (χ0n) is 17.9. The van der Waals surface area contributed by atoms with E-state index >= 15 is 0 Å². The number of carbonyl (C=O) groups excluding carboxylic acids is 1. The molecule has 1 aromatic carbocycles. The molecule has 1 amide bonds. The summed E-state index contributed by atoms with van der Waals surface area (Å²) in [5, 5.41) is 0. The van der Waals surface area contributed by atoms with E-state index in [1.807, 2.05) is 35.2 Å². The van der Waals surface area contributed by atoms with Gasteiger partial charge in [-0.3, -0.25) is 4.90 Å². The Hall–Kier alpha value is -1.77. The predicted molar refractivity (Wildman–Crippen MR) is 117 cm³/mol. The van der Waals surface area contributed by atoms with Crippen molar-refractivity contribution in [2.45, 2.75) is 103 Å². The summed E-state index contributed by atoms with van der Waals surface area (Å²) in [6.07, 6.45) is 18.2. The van der Waals surface area contributed by atoms with E-state index in [1.54, 1.807) is 0 Å². The van der Waals surface area contributed by atoms with Gasteiger partial charge in [-0.05, 0) is 25.3 Å². The number of ether oxygens (including phenoxy) is 1. The van der Waals surface area contributed by atoms with Crippen molar-refractivity contribution in [1.29, 1.82) is 0 Å². The van der Waals surface area contributed by atoms with Gasteiger partial charge in [-0.1, -0.05) is 107 Å². The first kappa shape index (κ1) is 22.5. The summed E-state index contributed by atoms with van der Waals surface area (Å²) < 4.78 is 5.61. The molecule has 1 aliphatic heterocycles. The van der Waals surface area contributed by atoms with Gasteiger partial charge in [-0.15, -0.1) is 0 Å². The standard InChI is InChI=1S/C25H39NO2/c1-3-4-5-6-7-8-9-10-14-19-24-20-15-16-22(2)26(24)25(27)28-21-23-17-12-11-13-18-23/h11-13,15,17-18,20,22,24H,3-10,14,16,19,21H2,1-2H3/t22-,24-/m0/s1. The van der Waals surface area contributed by atoms with Crippen molar-refractivity contribution in [3.63, 3.8) is 0 Å². The number of amides is 1. The highest BCUT2D eigenvalue weighted by atomic mass is 16.6. The monoisotopic (exact) mass is 385 g/mol. The molecule has 2 rings (SSSR count). The van der Waals surface area contributed by atoms with Crippen LogP contribution in [-0.2, 0) is 11.3 Å². The predicted octanol–water partition coefficient (Wildman–Crippen LogP) is 7.26. The quantitative estimate of drug-likeness (QED) is 0.280. The van der Waals surface area contributed by atoms with Gasteiger partial charge in [-0.2, -0.15) is 0 Å². The second-order valence-electron chi connectivity index (χ2n) is 8.14. The Balaban J connectivity index is 1.69. The molecule has 0 unspecified atom stereocenters. The van der Waals surface area contributed by atoms with Crippen molar-refractivity contribution in [2.75, 3.05) is 0 Å². The van der Waals surface area contributed by atoms with E-state index in [2.05, 4.69) is 26.0 Å². The first-order chi connectivity index (χ1) is 13.7. The molecule has 0 saturated carbocycles. The maximum Gasteiger partial charge on any atom is 0.410 e. The highest BCUT2D eigenvalue weighted by Gasteiger charge is 2.29. The highest BCUT2D eigenvalue weighted by Crippen LogP contribution is 2.23. The molecule has 1 heterocycles. The van der Waals surface area contributed by atoms with Gasteiger partial charge in [0.2, 0.25) is 0 Å². The topological polar surface area (TPSA) is 29.5 Å². The lowest BCUT2D eigenvalue weighted by atomic mass is 9.98. The van der Waals surface area contributed by atoms with Crippen LogP contribution in [0, 0.1) is 0 Å². The Labute approximate surface area is 172 Å². The second-order valence-corrected chi connectivity index (χ2v) is 8.14. The molecule has 28 heavy (non-hydrogen) atoms. The van der Waals surface area contributed by atoms with Crippen LogP contribution >= 0.6 is 0 Å². The average Bonchev–Trinajstić information content (AvgIpc) is 2.71. The highest BCUT2D eigenvalue weighted by molar-refractivity contribution is 5.69. The van der Waals surface area contributed by atoms with Crippen LogP contribution in [0.1, 0.15) is 90.0 Å². The summed E-state index contributed by atoms with van der Waals surface area (Å²) >= 11 is 0. The smallest absolute Gasteiger partial charge is 0.410 e. The summed E-state index contributed by atoms with van der Waals surface area (Å²) in [4.78, 5) is 14.7. The fourth-order valence-corrected chi connectivity index (χ4v) is 3.97. The normalized spacial score (nSPS) is 19.0. The van der Waals surface area contributed by atoms with Crippen LogP contribution < -0.4 is 0 Å². The average molecular weight is 386 g/mol. The molecule has 3 nitrogen and oxygen atoms in total. The summed E-state index contributed by atoms with van der Waals surface area (Å²) in [7, 11) is 0. The van der Waals surface area contributed by atoms with Crippen molar-refractivity contribution in [3.05, 3.63) is 48.0 Å². The van der Waals surface area contributed by atoms with E-state index in [-0.39, 0.29) is 18.2 Å². The van der Waals surface area contributed by atoms with E-state index < -0.39 is 0 Å². The molecule has 0 N–H and O–H groups in total. The maximum atomic E-state index is 12.7. The van der Waals surface area contributed by atoms with Crippen LogP contribution in [0.4, 0.5) is 4.79 Å². The lowest BCUT2D eigenvalue weighted by Crippen LogP contribution is -2.47. The number of benzene rings is 1. The molecular weight excluding hydrogens is 346 g/mol. The summed E-state index contributed by atoms with van der Waals surface area (Å²) in [5.74, 6) is 0. The lowest BCUT2D eigenvalue weighted by molar-refractivity contribution is 0.0678. The first-order valence-electron chi connectivity index (χ1n) is 11.4. The molecule has 0 saturated heterocycles. The molecule has 2 atom stereocenters.